The average molecular weight is 302 g/mol. The van der Waals surface area contributed by atoms with Crippen LogP contribution < -0.4 is 0 Å². The molecule has 0 nitrogen and oxygen atoms in total. The molecule has 0 aromatic carbocycles. The summed E-state index contributed by atoms with van der Waals surface area (Å²) in [7, 11) is 0. The van der Waals surface area contributed by atoms with Crippen molar-refractivity contribution in [2.45, 2.75) is 0 Å². The summed E-state index contributed by atoms with van der Waals surface area (Å²) in [6.45, 7) is 0. The molecule has 0 aliphatic rings. The third kappa shape index (κ3) is 8.82. The molecule has 4 heavy (non-hydrogen) atoms. The summed E-state index contributed by atoms with van der Waals surface area (Å²) in [4.78, 5) is 0. The zero-order valence-corrected chi connectivity index (χ0v) is 8.33. The van der Waals surface area contributed by atoms with Crippen molar-refractivity contribution in [2.75, 3.05) is 0 Å². The first-order valence-corrected chi connectivity index (χ1v) is 0. The second kappa shape index (κ2) is 17.4. The van der Waals surface area contributed by atoms with E-state index in [1.165, 1.54) is 0 Å². The third-order valence-corrected chi connectivity index (χ3v) is 0. The summed E-state index contributed by atoms with van der Waals surface area (Å²) >= 11 is 0. The molecule has 1 atom stereocenters. The van der Waals surface area contributed by atoms with E-state index in [1.807, 2.05) is 0 Å². The first-order chi connectivity index (χ1) is 0. The van der Waals surface area contributed by atoms with Crippen LogP contribution in [0.1, 0.15) is 0 Å². The predicted octanol–water partition coefficient (Wildman–Crippen LogP) is -3.23. The SMILES string of the molecule is B.P.[BiH3].[CaH2]. The van der Waals surface area contributed by atoms with Crippen LogP contribution in [0.4, 0.5) is 0 Å². The molecule has 4 heteroatoms. The molecular formula is H11BBiCaP. The normalized spacial score (nSPS) is 0. The summed E-state index contributed by atoms with van der Waals surface area (Å²) in [5.41, 5.74) is 0. The van der Waals surface area contributed by atoms with E-state index >= 15 is 0 Å². The van der Waals surface area contributed by atoms with E-state index in [0.29, 0.717) is 0 Å². The molecule has 26 valence electrons. The fraction of sp³-hybridized carbons (Fsp3) is 0. The van der Waals surface area contributed by atoms with Gasteiger partial charge in [-0.05, 0) is 0 Å². The van der Waals surface area contributed by atoms with Gasteiger partial charge in [0.15, 0.2) is 0 Å². The maximum absolute atomic E-state index is 0. The van der Waals surface area contributed by atoms with Gasteiger partial charge in [0.2, 0.25) is 0 Å². The Morgan fingerprint density at radius 3 is 1.00 bits per heavy atom. The molecule has 1 unspecified atom stereocenters. The van der Waals surface area contributed by atoms with Crippen molar-refractivity contribution < 1.29 is 0 Å². The van der Waals surface area contributed by atoms with Gasteiger partial charge in [-0.1, -0.05) is 0 Å². The van der Waals surface area contributed by atoms with Gasteiger partial charge >= 0.3 is 63.9 Å². The summed E-state index contributed by atoms with van der Waals surface area (Å²) in [5.74, 6) is 0. The molecule has 0 fully saturated rings. The first kappa shape index (κ1) is 30.3. The molecule has 0 heterocycles. The average Bonchev–Trinajstić information content (AvgIpc) is 0. The molecular weight excluding hydrogens is 291 g/mol. The first-order valence-electron chi connectivity index (χ1n) is 0. The van der Waals surface area contributed by atoms with Crippen LogP contribution >= 0.6 is 9.90 Å². The molecule has 0 aromatic heterocycles. The van der Waals surface area contributed by atoms with Crippen LogP contribution in [0.2, 0.25) is 0 Å². The predicted molar refractivity (Wildman–Crippen MR) is 39.5 cm³/mol. The topological polar surface area (TPSA) is 0 Å². The monoisotopic (exact) mass is 302 g/mol. The van der Waals surface area contributed by atoms with Gasteiger partial charge in [-0.15, -0.1) is 0 Å². The van der Waals surface area contributed by atoms with Crippen molar-refractivity contribution >= 4 is 82.3 Å². The van der Waals surface area contributed by atoms with E-state index in [2.05, 4.69) is 0 Å². The van der Waals surface area contributed by atoms with Gasteiger partial charge in [0.25, 0.3) is 0 Å². The van der Waals surface area contributed by atoms with E-state index in [9.17, 15) is 0 Å². The van der Waals surface area contributed by atoms with Crippen LogP contribution in [-0.2, 0) is 0 Å². The van der Waals surface area contributed by atoms with Gasteiger partial charge in [-0.25, -0.2) is 0 Å². The fourth-order valence-electron chi connectivity index (χ4n) is 0. The van der Waals surface area contributed by atoms with E-state index in [4.69, 9.17) is 0 Å². The van der Waals surface area contributed by atoms with Crippen molar-refractivity contribution in [3.63, 3.8) is 0 Å². The van der Waals surface area contributed by atoms with Crippen LogP contribution in [0.15, 0.2) is 0 Å². The van der Waals surface area contributed by atoms with Crippen LogP contribution in [0.25, 0.3) is 0 Å². The molecule has 0 aliphatic heterocycles. The van der Waals surface area contributed by atoms with Gasteiger partial charge in [0.1, 0.15) is 0 Å². The van der Waals surface area contributed by atoms with Gasteiger partial charge < -0.3 is 0 Å². The summed E-state index contributed by atoms with van der Waals surface area (Å²) in [5, 5.41) is 0. The zero-order chi connectivity index (χ0) is 0. The minimum absolute atomic E-state index is 0. The van der Waals surface area contributed by atoms with Gasteiger partial charge in [0.05, 0.1) is 8.41 Å². The van der Waals surface area contributed by atoms with Gasteiger partial charge in [0, 0.05) is 0 Å². The minimum atomic E-state index is 0. The van der Waals surface area contributed by atoms with Crippen molar-refractivity contribution in [3.8, 4) is 0 Å². The van der Waals surface area contributed by atoms with E-state index in [1.54, 1.807) is 0 Å². The summed E-state index contributed by atoms with van der Waals surface area (Å²) in [6.07, 6.45) is 0. The van der Waals surface area contributed by atoms with Crippen LogP contribution in [-0.4, -0.2) is 72.4 Å². The Bertz CT molecular complexity index is 8.00. The summed E-state index contributed by atoms with van der Waals surface area (Å²) < 4.78 is 0. The van der Waals surface area contributed by atoms with Crippen LogP contribution in [0, 0.1) is 0 Å². The van der Waals surface area contributed by atoms with Crippen LogP contribution in [0.3, 0.4) is 0 Å². The second-order valence-electron chi connectivity index (χ2n) is 0. The third-order valence-electron chi connectivity index (χ3n) is 0. The Labute approximate surface area is 80.8 Å². The number of hydrogen-bond donors (Lipinski definition) is 0. The molecule has 0 saturated carbocycles. The Balaban J connectivity index is 0. The number of hydrogen-bond acceptors (Lipinski definition) is 0. The molecule has 0 amide bonds. The Hall–Kier alpha value is 2.64. The van der Waals surface area contributed by atoms with Crippen LogP contribution in [0.5, 0.6) is 0 Å². The quantitative estimate of drug-likeness (QED) is 0.326. The molecule has 0 spiro atoms. The van der Waals surface area contributed by atoms with Gasteiger partial charge in [-0.3, -0.25) is 0 Å². The summed E-state index contributed by atoms with van der Waals surface area (Å²) in [6, 6.07) is 0. The van der Waals surface area contributed by atoms with Crippen molar-refractivity contribution in [2.24, 2.45) is 0 Å². The van der Waals surface area contributed by atoms with Crippen molar-refractivity contribution in [3.05, 3.63) is 0 Å². The molecule has 0 radical (unpaired) electrons. The Kier molecular flexibility index (Phi) is 132. The Morgan fingerprint density at radius 2 is 1.00 bits per heavy atom. The molecule has 0 N–H and O–H groups in total. The molecule has 0 bridgehead atoms. The van der Waals surface area contributed by atoms with Crippen molar-refractivity contribution in [1.29, 1.82) is 0 Å². The van der Waals surface area contributed by atoms with Crippen molar-refractivity contribution in [1.82, 2.24) is 0 Å². The molecule has 0 rings (SSSR count). The Morgan fingerprint density at radius 1 is 1.00 bits per heavy atom. The molecule has 0 aliphatic carbocycles. The molecule has 0 saturated heterocycles. The standard InChI is InChI=1S/BH3.Bi.Ca.H3P.5H/h1H3;;;1H3;;;;;. The molecule has 0 aromatic rings. The zero-order valence-electron chi connectivity index (χ0n) is 1.41. The van der Waals surface area contributed by atoms with E-state index < -0.39 is 0 Å². The van der Waals surface area contributed by atoms with E-state index in [0.717, 1.165) is 0 Å². The fourth-order valence-corrected chi connectivity index (χ4v) is 0. The van der Waals surface area contributed by atoms with Gasteiger partial charge in [-0.2, -0.15) is 9.90 Å². The number of rotatable bonds is 0. The van der Waals surface area contributed by atoms with E-state index in [-0.39, 0.29) is 82.3 Å². The second-order valence-corrected chi connectivity index (χ2v) is 0. The maximum atomic E-state index is 0.